The Labute approximate surface area is 113 Å². The minimum Gasteiger partial charge on any atom is -0.336 e. The SMILES string of the molecule is NOCc1nc(-c2ccc(Br)cc2C(F)(F)F)no1. The molecule has 2 N–H and O–H groups in total. The van der Waals surface area contributed by atoms with Crippen LogP contribution in [0.3, 0.4) is 0 Å². The third kappa shape index (κ3) is 3.11. The van der Waals surface area contributed by atoms with Crippen LogP contribution in [-0.2, 0) is 17.6 Å². The Morgan fingerprint density at radius 1 is 1.37 bits per heavy atom. The van der Waals surface area contributed by atoms with E-state index in [2.05, 4.69) is 30.9 Å². The van der Waals surface area contributed by atoms with Gasteiger partial charge in [0, 0.05) is 10.0 Å². The maximum atomic E-state index is 12.9. The first kappa shape index (κ1) is 14.0. The van der Waals surface area contributed by atoms with Crippen molar-refractivity contribution < 1.29 is 22.5 Å². The van der Waals surface area contributed by atoms with Gasteiger partial charge < -0.3 is 4.52 Å². The number of halogens is 4. The van der Waals surface area contributed by atoms with Crippen molar-refractivity contribution in [3.8, 4) is 11.4 Å². The van der Waals surface area contributed by atoms with Crippen molar-refractivity contribution in [2.45, 2.75) is 12.8 Å². The topological polar surface area (TPSA) is 74.2 Å². The molecule has 0 aliphatic heterocycles. The van der Waals surface area contributed by atoms with E-state index in [1.54, 1.807) is 0 Å². The van der Waals surface area contributed by atoms with Crippen LogP contribution >= 0.6 is 15.9 Å². The maximum Gasteiger partial charge on any atom is 0.417 e. The predicted molar refractivity (Wildman–Crippen MR) is 61.4 cm³/mol. The number of aromatic nitrogens is 2. The summed E-state index contributed by atoms with van der Waals surface area (Å²) in [6, 6.07) is 3.66. The first-order valence-corrected chi connectivity index (χ1v) is 5.72. The average molecular weight is 338 g/mol. The molecule has 1 aromatic carbocycles. The number of hydrogen-bond acceptors (Lipinski definition) is 5. The summed E-state index contributed by atoms with van der Waals surface area (Å²) in [5, 5.41) is 3.47. The van der Waals surface area contributed by atoms with Crippen LogP contribution in [0.2, 0.25) is 0 Å². The first-order chi connectivity index (χ1) is 8.91. The van der Waals surface area contributed by atoms with Crippen molar-refractivity contribution in [3.05, 3.63) is 34.1 Å². The monoisotopic (exact) mass is 337 g/mol. The van der Waals surface area contributed by atoms with Crippen LogP contribution in [0.25, 0.3) is 11.4 Å². The Morgan fingerprint density at radius 3 is 2.74 bits per heavy atom. The van der Waals surface area contributed by atoms with E-state index in [0.29, 0.717) is 4.47 Å². The number of nitrogens with zero attached hydrogens (tertiary/aromatic N) is 2. The van der Waals surface area contributed by atoms with E-state index in [0.717, 1.165) is 6.07 Å². The lowest BCUT2D eigenvalue weighted by Gasteiger charge is -2.10. The van der Waals surface area contributed by atoms with Gasteiger partial charge in [-0.2, -0.15) is 18.2 Å². The third-order valence-electron chi connectivity index (χ3n) is 2.20. The van der Waals surface area contributed by atoms with Crippen molar-refractivity contribution in [3.63, 3.8) is 0 Å². The second kappa shape index (κ2) is 5.27. The molecule has 1 heterocycles. The van der Waals surface area contributed by atoms with Crippen LogP contribution in [0.15, 0.2) is 27.2 Å². The van der Waals surface area contributed by atoms with Crippen molar-refractivity contribution in [2.75, 3.05) is 0 Å². The van der Waals surface area contributed by atoms with Crippen LogP contribution in [0.4, 0.5) is 13.2 Å². The zero-order valence-electron chi connectivity index (χ0n) is 9.24. The van der Waals surface area contributed by atoms with Crippen LogP contribution in [0, 0.1) is 0 Å². The summed E-state index contributed by atoms with van der Waals surface area (Å²) in [4.78, 5) is 8.04. The summed E-state index contributed by atoms with van der Waals surface area (Å²) in [7, 11) is 0. The highest BCUT2D eigenvalue weighted by molar-refractivity contribution is 9.10. The van der Waals surface area contributed by atoms with Crippen molar-refractivity contribution in [1.29, 1.82) is 0 Å². The molecule has 2 aromatic rings. The Balaban J connectivity index is 2.48. The van der Waals surface area contributed by atoms with Crippen LogP contribution in [0.5, 0.6) is 0 Å². The number of benzene rings is 1. The molecular weight excluding hydrogens is 331 g/mol. The molecule has 0 aliphatic rings. The molecule has 2 rings (SSSR count). The Hall–Kier alpha value is -1.45. The quantitative estimate of drug-likeness (QED) is 0.871. The third-order valence-corrected chi connectivity index (χ3v) is 2.70. The summed E-state index contributed by atoms with van der Waals surface area (Å²) in [6.45, 7) is -0.176. The number of nitrogens with two attached hydrogens (primary N) is 1. The molecule has 0 radical (unpaired) electrons. The van der Waals surface area contributed by atoms with Crippen molar-refractivity contribution in [1.82, 2.24) is 10.1 Å². The standard InChI is InChI=1S/C10H7BrF3N3O2/c11-5-1-2-6(7(3-5)10(12,13)14)9-16-8(4-18-15)19-17-9/h1-3H,4,15H2. The molecule has 0 amide bonds. The Bertz CT molecular complexity index is 586. The number of rotatable bonds is 3. The minimum absolute atomic E-state index is 0.00598. The lowest BCUT2D eigenvalue weighted by Crippen LogP contribution is -2.07. The van der Waals surface area contributed by atoms with Gasteiger partial charge in [-0.05, 0) is 18.2 Å². The molecule has 0 saturated heterocycles. The molecular formula is C10H7BrF3N3O2. The van der Waals surface area contributed by atoms with Crippen molar-refractivity contribution in [2.24, 2.45) is 5.90 Å². The molecule has 0 atom stereocenters. The molecule has 0 fully saturated rings. The highest BCUT2D eigenvalue weighted by atomic mass is 79.9. The van der Waals surface area contributed by atoms with E-state index in [1.807, 2.05) is 0 Å². The summed E-state index contributed by atoms with van der Waals surface area (Å²) >= 11 is 2.99. The summed E-state index contributed by atoms with van der Waals surface area (Å²) < 4.78 is 43.8. The highest BCUT2D eigenvalue weighted by Gasteiger charge is 2.35. The van der Waals surface area contributed by atoms with Crippen LogP contribution < -0.4 is 5.90 Å². The van der Waals surface area contributed by atoms with E-state index in [4.69, 9.17) is 10.4 Å². The molecule has 0 unspecified atom stereocenters. The fourth-order valence-corrected chi connectivity index (χ4v) is 1.80. The molecule has 0 saturated carbocycles. The van der Waals surface area contributed by atoms with Crippen LogP contribution in [-0.4, -0.2) is 10.1 Å². The fraction of sp³-hybridized carbons (Fsp3) is 0.200. The van der Waals surface area contributed by atoms with Gasteiger partial charge in [0.1, 0.15) is 6.61 Å². The number of hydrogen-bond donors (Lipinski definition) is 1. The second-order valence-electron chi connectivity index (χ2n) is 3.51. The zero-order chi connectivity index (χ0) is 14.0. The Kier molecular flexibility index (Phi) is 3.88. The van der Waals surface area contributed by atoms with Crippen LogP contribution in [0.1, 0.15) is 11.5 Å². The lowest BCUT2D eigenvalue weighted by molar-refractivity contribution is -0.137. The van der Waals surface area contributed by atoms with Crippen molar-refractivity contribution >= 4 is 15.9 Å². The lowest BCUT2D eigenvalue weighted by atomic mass is 10.1. The van der Waals surface area contributed by atoms with Gasteiger partial charge in [-0.15, -0.1) is 0 Å². The van der Waals surface area contributed by atoms with Gasteiger partial charge in [0.05, 0.1) is 5.56 Å². The molecule has 0 spiro atoms. The van der Waals surface area contributed by atoms with Gasteiger partial charge >= 0.3 is 6.18 Å². The summed E-state index contributed by atoms with van der Waals surface area (Å²) in [5.41, 5.74) is -1.04. The van der Waals surface area contributed by atoms with E-state index >= 15 is 0 Å². The van der Waals surface area contributed by atoms with E-state index in [-0.39, 0.29) is 23.9 Å². The molecule has 19 heavy (non-hydrogen) atoms. The summed E-state index contributed by atoms with van der Waals surface area (Å²) in [5.74, 6) is 4.63. The smallest absolute Gasteiger partial charge is 0.336 e. The molecule has 102 valence electrons. The average Bonchev–Trinajstić information content (AvgIpc) is 2.77. The molecule has 0 aliphatic carbocycles. The first-order valence-electron chi connectivity index (χ1n) is 4.93. The number of alkyl halides is 3. The largest absolute Gasteiger partial charge is 0.417 e. The summed E-state index contributed by atoms with van der Waals surface area (Å²) in [6.07, 6.45) is -4.52. The maximum absolute atomic E-state index is 12.9. The minimum atomic E-state index is -4.52. The fourth-order valence-electron chi connectivity index (χ4n) is 1.44. The van der Waals surface area contributed by atoms with E-state index in [1.165, 1.54) is 12.1 Å². The second-order valence-corrected chi connectivity index (χ2v) is 4.43. The van der Waals surface area contributed by atoms with Gasteiger partial charge in [0.25, 0.3) is 5.89 Å². The van der Waals surface area contributed by atoms with E-state index in [9.17, 15) is 13.2 Å². The van der Waals surface area contributed by atoms with Gasteiger partial charge in [0.2, 0.25) is 5.82 Å². The molecule has 1 aromatic heterocycles. The van der Waals surface area contributed by atoms with E-state index < -0.39 is 11.7 Å². The van der Waals surface area contributed by atoms with Gasteiger partial charge in [-0.1, -0.05) is 21.1 Å². The molecule has 0 bridgehead atoms. The predicted octanol–water partition coefficient (Wildman–Crippen LogP) is 2.91. The normalized spacial score (nSPS) is 11.8. The Morgan fingerprint density at radius 2 is 2.11 bits per heavy atom. The zero-order valence-corrected chi connectivity index (χ0v) is 10.8. The van der Waals surface area contributed by atoms with Gasteiger partial charge in [0.15, 0.2) is 0 Å². The molecule has 9 heteroatoms. The highest BCUT2D eigenvalue weighted by Crippen LogP contribution is 2.37. The van der Waals surface area contributed by atoms with Gasteiger partial charge in [-0.25, -0.2) is 5.90 Å². The molecule has 5 nitrogen and oxygen atoms in total. The van der Waals surface area contributed by atoms with Gasteiger partial charge in [-0.3, -0.25) is 4.84 Å².